The van der Waals surface area contributed by atoms with E-state index >= 15 is 0 Å². The second-order valence-corrected chi connectivity index (χ2v) is 9.26. The number of methoxy groups -OCH3 is 1. The van der Waals surface area contributed by atoms with Crippen LogP contribution in [0.25, 0.3) is 0 Å². The molecule has 1 aliphatic heterocycles. The standard InChI is InChI=1S/C23H38N6OS.HI/c1-6-24-23(26-16-20-17(2)27-29(18(20)3)12-13-30-5)25-15-19-9-7-11-28(4)22(19)21-10-8-14-31-21;/h8,10,14,19,22H,6-7,9,11-13,15-16H2,1-5H3,(H2,24,25,26);1H. The van der Waals surface area contributed by atoms with Crippen molar-refractivity contribution in [1.82, 2.24) is 25.3 Å². The molecule has 0 saturated carbocycles. The van der Waals surface area contributed by atoms with E-state index in [0.717, 1.165) is 31.3 Å². The number of nitrogens with zero attached hydrogens (tertiary/aromatic N) is 4. The number of piperidine rings is 1. The Morgan fingerprint density at radius 3 is 2.84 bits per heavy atom. The van der Waals surface area contributed by atoms with Gasteiger partial charge in [-0.15, -0.1) is 35.3 Å². The van der Waals surface area contributed by atoms with Gasteiger partial charge in [-0.25, -0.2) is 4.99 Å². The minimum Gasteiger partial charge on any atom is -0.383 e. The van der Waals surface area contributed by atoms with E-state index in [4.69, 9.17) is 9.73 Å². The molecule has 2 atom stereocenters. The first-order valence-corrected chi connectivity index (χ1v) is 12.2. The van der Waals surface area contributed by atoms with Gasteiger partial charge in [0, 0.05) is 42.4 Å². The first-order valence-electron chi connectivity index (χ1n) is 11.3. The summed E-state index contributed by atoms with van der Waals surface area (Å²) < 4.78 is 7.22. The van der Waals surface area contributed by atoms with E-state index in [1.165, 1.54) is 35.5 Å². The zero-order valence-electron chi connectivity index (χ0n) is 20.1. The number of halogens is 1. The van der Waals surface area contributed by atoms with Crippen molar-refractivity contribution in [2.24, 2.45) is 10.9 Å². The number of likely N-dealkylation sites (tertiary alicyclic amines) is 1. The van der Waals surface area contributed by atoms with Crippen LogP contribution in [0.3, 0.4) is 0 Å². The number of thiophene rings is 1. The number of hydrogen-bond donors (Lipinski definition) is 2. The molecule has 0 bridgehead atoms. The van der Waals surface area contributed by atoms with Gasteiger partial charge < -0.3 is 15.4 Å². The summed E-state index contributed by atoms with van der Waals surface area (Å²) in [6.07, 6.45) is 2.49. The zero-order valence-corrected chi connectivity index (χ0v) is 23.2. The van der Waals surface area contributed by atoms with Gasteiger partial charge >= 0.3 is 0 Å². The third kappa shape index (κ3) is 6.91. The summed E-state index contributed by atoms with van der Waals surface area (Å²) in [5.41, 5.74) is 3.41. The lowest BCUT2D eigenvalue weighted by Gasteiger charge is -2.39. The van der Waals surface area contributed by atoms with E-state index in [1.54, 1.807) is 7.11 Å². The lowest BCUT2D eigenvalue weighted by atomic mass is 9.88. The molecule has 2 N–H and O–H groups in total. The van der Waals surface area contributed by atoms with Gasteiger partial charge in [-0.2, -0.15) is 5.10 Å². The average molecular weight is 575 g/mol. The third-order valence-corrected chi connectivity index (χ3v) is 7.09. The van der Waals surface area contributed by atoms with Crippen LogP contribution in [-0.4, -0.2) is 61.0 Å². The number of aryl methyl sites for hydroxylation is 1. The van der Waals surface area contributed by atoms with Crippen molar-refractivity contribution in [3.8, 4) is 0 Å². The topological polar surface area (TPSA) is 66.7 Å². The first kappa shape index (κ1) is 27.1. The zero-order chi connectivity index (χ0) is 22.2. The van der Waals surface area contributed by atoms with Gasteiger partial charge in [0.2, 0.25) is 0 Å². The number of rotatable bonds is 9. The molecule has 2 aromatic rings. The summed E-state index contributed by atoms with van der Waals surface area (Å²) in [4.78, 5) is 8.86. The van der Waals surface area contributed by atoms with Crippen LogP contribution < -0.4 is 10.6 Å². The minimum atomic E-state index is 0. The van der Waals surface area contributed by atoms with Crippen LogP contribution in [-0.2, 0) is 17.8 Å². The molecule has 0 spiro atoms. The van der Waals surface area contributed by atoms with E-state index in [2.05, 4.69) is 66.0 Å². The predicted molar refractivity (Wildman–Crippen MR) is 144 cm³/mol. The van der Waals surface area contributed by atoms with Crippen molar-refractivity contribution in [1.29, 1.82) is 0 Å². The van der Waals surface area contributed by atoms with Gasteiger partial charge in [0.05, 0.1) is 25.4 Å². The lowest BCUT2D eigenvalue weighted by molar-refractivity contribution is 0.125. The summed E-state index contributed by atoms with van der Waals surface area (Å²) in [6.45, 7) is 11.3. The van der Waals surface area contributed by atoms with Crippen LogP contribution in [0.15, 0.2) is 22.5 Å². The molecule has 1 fully saturated rings. The highest BCUT2D eigenvalue weighted by Gasteiger charge is 2.31. The SMILES string of the molecule is CCNC(=NCc1c(C)nn(CCOC)c1C)NCC1CCCN(C)C1c1cccs1.I. The molecule has 2 unspecified atom stereocenters. The molecule has 3 rings (SSSR count). The van der Waals surface area contributed by atoms with Gasteiger partial charge in [-0.3, -0.25) is 9.58 Å². The second-order valence-electron chi connectivity index (χ2n) is 8.28. The molecule has 1 saturated heterocycles. The summed E-state index contributed by atoms with van der Waals surface area (Å²) in [7, 11) is 3.97. The fraction of sp³-hybridized carbons (Fsp3) is 0.652. The number of hydrogen-bond acceptors (Lipinski definition) is 5. The summed E-state index contributed by atoms with van der Waals surface area (Å²) >= 11 is 1.87. The molecule has 0 amide bonds. The number of nitrogens with one attached hydrogen (secondary N) is 2. The van der Waals surface area contributed by atoms with Crippen molar-refractivity contribution < 1.29 is 4.74 Å². The maximum Gasteiger partial charge on any atom is 0.191 e. The second kappa shape index (κ2) is 13.5. The van der Waals surface area contributed by atoms with Crippen LogP contribution >= 0.6 is 35.3 Å². The summed E-state index contributed by atoms with van der Waals surface area (Å²) in [6, 6.07) is 4.92. The summed E-state index contributed by atoms with van der Waals surface area (Å²) in [5.74, 6) is 1.45. The van der Waals surface area contributed by atoms with Crippen LogP contribution in [0.4, 0.5) is 0 Å². The van der Waals surface area contributed by atoms with E-state index in [0.29, 0.717) is 25.1 Å². The molecule has 0 aliphatic carbocycles. The molecular weight excluding hydrogens is 535 g/mol. The van der Waals surface area contributed by atoms with Crippen molar-refractivity contribution in [3.63, 3.8) is 0 Å². The normalized spacial score (nSPS) is 19.6. The van der Waals surface area contributed by atoms with Gasteiger partial charge in [-0.1, -0.05) is 6.07 Å². The Labute approximate surface area is 214 Å². The van der Waals surface area contributed by atoms with Crippen LogP contribution in [0, 0.1) is 19.8 Å². The van der Waals surface area contributed by atoms with E-state index < -0.39 is 0 Å². The van der Waals surface area contributed by atoms with Gasteiger partial charge in [0.15, 0.2) is 5.96 Å². The Morgan fingerprint density at radius 2 is 2.16 bits per heavy atom. The van der Waals surface area contributed by atoms with Crippen LogP contribution in [0.5, 0.6) is 0 Å². The van der Waals surface area contributed by atoms with Crippen LogP contribution in [0.1, 0.15) is 47.6 Å². The average Bonchev–Trinajstić information content (AvgIpc) is 3.37. The molecule has 7 nitrogen and oxygen atoms in total. The molecule has 3 heterocycles. The van der Waals surface area contributed by atoms with Gasteiger partial charge in [0.25, 0.3) is 0 Å². The largest absolute Gasteiger partial charge is 0.383 e. The molecule has 180 valence electrons. The highest BCUT2D eigenvalue weighted by atomic mass is 127. The lowest BCUT2D eigenvalue weighted by Crippen LogP contribution is -2.44. The third-order valence-electron chi connectivity index (χ3n) is 6.15. The highest BCUT2D eigenvalue weighted by Crippen LogP contribution is 2.36. The molecule has 1 aliphatic rings. The number of ether oxygens (including phenoxy) is 1. The molecule has 0 aromatic carbocycles. The molecule has 9 heteroatoms. The maximum atomic E-state index is 5.20. The van der Waals surface area contributed by atoms with Gasteiger partial charge in [-0.05, 0) is 64.6 Å². The van der Waals surface area contributed by atoms with Crippen molar-refractivity contribution >= 4 is 41.3 Å². The Kier molecular flexibility index (Phi) is 11.4. The number of aliphatic imine (C=N–C) groups is 1. The smallest absolute Gasteiger partial charge is 0.191 e. The van der Waals surface area contributed by atoms with Crippen molar-refractivity contribution in [2.45, 2.75) is 52.7 Å². The van der Waals surface area contributed by atoms with E-state index in [1.807, 2.05) is 16.0 Å². The molecule has 0 radical (unpaired) electrons. The Balaban J connectivity index is 0.00000363. The molecule has 2 aromatic heterocycles. The van der Waals surface area contributed by atoms with Gasteiger partial charge in [0.1, 0.15) is 0 Å². The van der Waals surface area contributed by atoms with Crippen molar-refractivity contribution in [3.05, 3.63) is 39.3 Å². The monoisotopic (exact) mass is 574 g/mol. The summed E-state index contributed by atoms with van der Waals surface area (Å²) in [5, 5.41) is 13.9. The number of aromatic nitrogens is 2. The highest BCUT2D eigenvalue weighted by molar-refractivity contribution is 14.0. The van der Waals surface area contributed by atoms with E-state index in [-0.39, 0.29) is 24.0 Å². The van der Waals surface area contributed by atoms with Crippen LogP contribution in [0.2, 0.25) is 0 Å². The minimum absolute atomic E-state index is 0. The number of guanidine groups is 1. The van der Waals surface area contributed by atoms with Crippen molar-refractivity contribution in [2.75, 3.05) is 40.4 Å². The quantitative estimate of drug-likeness (QED) is 0.270. The Bertz CT molecular complexity index is 838. The predicted octanol–water partition coefficient (Wildman–Crippen LogP) is 3.96. The fourth-order valence-corrected chi connectivity index (χ4v) is 5.45. The van der Waals surface area contributed by atoms with E-state index in [9.17, 15) is 0 Å². The molecular formula is C23H39IN6OS. The first-order chi connectivity index (χ1) is 15.0. The molecule has 32 heavy (non-hydrogen) atoms. The Hall–Kier alpha value is -1.17. The fourth-order valence-electron chi connectivity index (χ4n) is 4.47. The maximum absolute atomic E-state index is 5.20. The Morgan fingerprint density at radius 1 is 1.34 bits per heavy atom.